The maximum atomic E-state index is 13.3. The second-order valence-corrected chi connectivity index (χ2v) is 8.13. The van der Waals surface area contributed by atoms with Crippen LogP contribution in [0.1, 0.15) is 44.9 Å². The highest BCUT2D eigenvalue weighted by Crippen LogP contribution is 2.33. The average molecular weight is 423 g/mol. The zero-order chi connectivity index (χ0) is 22.5. The summed E-state index contributed by atoms with van der Waals surface area (Å²) < 4.78 is 5.68. The molecule has 0 saturated carbocycles. The van der Waals surface area contributed by atoms with Crippen LogP contribution in [0.15, 0.2) is 66.7 Å². The van der Waals surface area contributed by atoms with Gasteiger partial charge in [-0.05, 0) is 31.9 Å². The number of hydrogen-bond acceptors (Lipinski definition) is 5. The number of carbonyl (C=O) groups excluding carboxylic acids is 2. The standard InChI is InChI=1S/C25H30N2O4/c1-17(2)26-19(4)23(21-13-9-6-10-14-21)31-25(30)27(26)24(29)18(3)22(28)16-15-20-11-7-5-8-12-20/h5-19,22-23,28H,1-4H3/b16-15+/t18-,19-,22+,23-/m0/s1. The number of cyclic esters (lactones) is 1. The molecule has 0 radical (unpaired) electrons. The number of aliphatic hydroxyl groups excluding tert-OH is 1. The van der Waals surface area contributed by atoms with E-state index >= 15 is 0 Å². The number of imide groups is 1. The molecule has 6 heteroatoms. The lowest BCUT2D eigenvalue weighted by molar-refractivity contribution is -0.180. The van der Waals surface area contributed by atoms with Crippen LogP contribution < -0.4 is 0 Å². The summed E-state index contributed by atoms with van der Waals surface area (Å²) in [6.45, 7) is 7.39. The predicted octanol–water partition coefficient (Wildman–Crippen LogP) is 4.43. The third kappa shape index (κ3) is 5.03. The number of carbonyl (C=O) groups is 2. The van der Waals surface area contributed by atoms with Crippen molar-refractivity contribution in [3.63, 3.8) is 0 Å². The summed E-state index contributed by atoms with van der Waals surface area (Å²) in [7, 11) is 0. The number of nitrogens with zero attached hydrogens (tertiary/aromatic N) is 2. The van der Waals surface area contributed by atoms with Crippen molar-refractivity contribution in [2.75, 3.05) is 0 Å². The molecule has 0 bridgehead atoms. The second-order valence-electron chi connectivity index (χ2n) is 8.13. The van der Waals surface area contributed by atoms with E-state index in [1.54, 1.807) is 24.1 Å². The van der Waals surface area contributed by atoms with Crippen LogP contribution in [-0.2, 0) is 9.53 Å². The van der Waals surface area contributed by atoms with Gasteiger partial charge in [-0.15, -0.1) is 0 Å². The first kappa shape index (κ1) is 22.7. The number of rotatable bonds is 6. The Kier molecular flexibility index (Phi) is 7.25. The van der Waals surface area contributed by atoms with Crippen LogP contribution in [0.5, 0.6) is 0 Å². The summed E-state index contributed by atoms with van der Waals surface area (Å²) in [5.41, 5.74) is 1.79. The van der Waals surface area contributed by atoms with Gasteiger partial charge in [-0.25, -0.2) is 4.79 Å². The molecule has 1 saturated heterocycles. The number of hydrazine groups is 1. The van der Waals surface area contributed by atoms with Crippen molar-refractivity contribution < 1.29 is 19.4 Å². The third-order valence-corrected chi connectivity index (χ3v) is 5.54. The van der Waals surface area contributed by atoms with Gasteiger partial charge < -0.3 is 9.84 Å². The van der Waals surface area contributed by atoms with Crippen molar-refractivity contribution in [2.24, 2.45) is 5.92 Å². The number of benzene rings is 2. The molecule has 1 aliphatic rings. The normalized spacial score (nSPS) is 21.9. The first-order valence-electron chi connectivity index (χ1n) is 10.6. The van der Waals surface area contributed by atoms with Crippen molar-refractivity contribution in [3.05, 3.63) is 77.9 Å². The number of aliphatic hydroxyl groups is 1. The summed E-state index contributed by atoms with van der Waals surface area (Å²) in [6.07, 6.45) is 1.08. The van der Waals surface area contributed by atoms with Crippen molar-refractivity contribution in [1.82, 2.24) is 10.0 Å². The number of ether oxygens (including phenoxy) is 1. The lowest BCUT2D eigenvalue weighted by Gasteiger charge is -2.47. The molecule has 31 heavy (non-hydrogen) atoms. The van der Waals surface area contributed by atoms with Gasteiger partial charge in [-0.1, -0.05) is 79.7 Å². The van der Waals surface area contributed by atoms with Gasteiger partial charge in [-0.3, -0.25) is 4.79 Å². The molecule has 1 heterocycles. The second kappa shape index (κ2) is 9.90. The van der Waals surface area contributed by atoms with Crippen molar-refractivity contribution in [2.45, 2.75) is 52.0 Å². The maximum absolute atomic E-state index is 13.3. The minimum atomic E-state index is -1.04. The van der Waals surface area contributed by atoms with Gasteiger partial charge in [0.05, 0.1) is 18.1 Å². The van der Waals surface area contributed by atoms with Crippen LogP contribution in [0.4, 0.5) is 4.79 Å². The summed E-state index contributed by atoms with van der Waals surface area (Å²) in [4.78, 5) is 26.2. The first-order valence-corrected chi connectivity index (χ1v) is 10.6. The Labute approximate surface area is 183 Å². The van der Waals surface area contributed by atoms with E-state index in [4.69, 9.17) is 4.74 Å². The molecule has 1 fully saturated rings. The smallest absolute Gasteiger partial charge is 0.432 e. The van der Waals surface area contributed by atoms with Crippen LogP contribution in [-0.4, -0.2) is 45.3 Å². The molecular formula is C25H30N2O4. The van der Waals surface area contributed by atoms with E-state index in [9.17, 15) is 14.7 Å². The quantitative estimate of drug-likeness (QED) is 0.746. The van der Waals surface area contributed by atoms with Crippen LogP contribution >= 0.6 is 0 Å². The van der Waals surface area contributed by atoms with E-state index in [1.165, 1.54) is 0 Å². The number of amides is 2. The lowest BCUT2D eigenvalue weighted by atomic mass is 9.99. The van der Waals surface area contributed by atoms with E-state index in [1.807, 2.05) is 81.4 Å². The van der Waals surface area contributed by atoms with Crippen molar-refractivity contribution in [1.29, 1.82) is 0 Å². The predicted molar refractivity (Wildman–Crippen MR) is 120 cm³/mol. The highest BCUT2D eigenvalue weighted by molar-refractivity contribution is 5.93. The molecule has 0 aliphatic carbocycles. The monoisotopic (exact) mass is 422 g/mol. The lowest BCUT2D eigenvalue weighted by Crippen LogP contribution is -2.63. The van der Waals surface area contributed by atoms with Crippen LogP contribution in [0, 0.1) is 5.92 Å². The topological polar surface area (TPSA) is 70.1 Å². The van der Waals surface area contributed by atoms with Gasteiger partial charge in [0, 0.05) is 6.04 Å². The fraction of sp³-hybridized carbons (Fsp3) is 0.360. The molecule has 2 aromatic rings. The van der Waals surface area contributed by atoms with Gasteiger partial charge in [-0.2, -0.15) is 10.0 Å². The zero-order valence-electron chi connectivity index (χ0n) is 18.4. The average Bonchev–Trinajstić information content (AvgIpc) is 2.78. The van der Waals surface area contributed by atoms with E-state index in [0.29, 0.717) is 0 Å². The van der Waals surface area contributed by atoms with Crippen LogP contribution in [0.25, 0.3) is 6.08 Å². The Morgan fingerprint density at radius 3 is 2.19 bits per heavy atom. The van der Waals surface area contributed by atoms with Crippen molar-refractivity contribution >= 4 is 18.1 Å². The molecule has 6 nitrogen and oxygen atoms in total. The Hall–Kier alpha value is -2.96. The SMILES string of the molecule is CC(C)N1[C@@H](C)[C@@H](c2ccccc2)OC(=O)N1C(=O)[C@@H](C)[C@H](O)/C=C/c1ccccc1. The van der Waals surface area contributed by atoms with Gasteiger partial charge in [0.2, 0.25) is 0 Å². The largest absolute Gasteiger partial charge is 0.438 e. The van der Waals surface area contributed by atoms with Gasteiger partial charge in [0.25, 0.3) is 5.91 Å². The molecule has 2 aromatic carbocycles. The Bertz CT molecular complexity index is 914. The van der Waals surface area contributed by atoms with Gasteiger partial charge in [0.1, 0.15) is 6.10 Å². The molecule has 1 aliphatic heterocycles. The molecule has 0 spiro atoms. The van der Waals surface area contributed by atoms with Crippen LogP contribution in [0.3, 0.4) is 0 Å². The van der Waals surface area contributed by atoms with E-state index in [-0.39, 0.29) is 12.1 Å². The molecule has 0 unspecified atom stereocenters. The van der Waals surface area contributed by atoms with E-state index in [2.05, 4.69) is 0 Å². The Balaban J connectivity index is 1.80. The first-order chi connectivity index (χ1) is 14.8. The molecule has 3 rings (SSSR count). The molecule has 4 atom stereocenters. The van der Waals surface area contributed by atoms with Crippen LogP contribution in [0.2, 0.25) is 0 Å². The Morgan fingerprint density at radius 2 is 1.61 bits per heavy atom. The fourth-order valence-corrected chi connectivity index (χ4v) is 3.85. The maximum Gasteiger partial charge on any atom is 0.432 e. The summed E-state index contributed by atoms with van der Waals surface area (Å²) in [6, 6.07) is 18.6. The minimum Gasteiger partial charge on any atom is -0.438 e. The summed E-state index contributed by atoms with van der Waals surface area (Å²) in [5, 5.41) is 13.4. The minimum absolute atomic E-state index is 0.123. The fourth-order valence-electron chi connectivity index (χ4n) is 3.85. The van der Waals surface area contributed by atoms with Gasteiger partial charge in [0.15, 0.2) is 0 Å². The molecular weight excluding hydrogens is 392 g/mol. The van der Waals surface area contributed by atoms with Crippen molar-refractivity contribution in [3.8, 4) is 0 Å². The summed E-state index contributed by atoms with van der Waals surface area (Å²) in [5.74, 6) is -1.32. The molecule has 164 valence electrons. The molecule has 2 amide bonds. The zero-order valence-corrected chi connectivity index (χ0v) is 18.4. The van der Waals surface area contributed by atoms with Gasteiger partial charge >= 0.3 is 6.09 Å². The molecule has 1 N–H and O–H groups in total. The van der Waals surface area contributed by atoms with E-state index in [0.717, 1.165) is 16.1 Å². The third-order valence-electron chi connectivity index (χ3n) is 5.54. The number of hydrogen-bond donors (Lipinski definition) is 1. The highest BCUT2D eigenvalue weighted by Gasteiger charge is 2.46. The molecule has 0 aromatic heterocycles. The highest BCUT2D eigenvalue weighted by atomic mass is 16.6. The summed E-state index contributed by atoms with van der Waals surface area (Å²) >= 11 is 0. The van der Waals surface area contributed by atoms with E-state index < -0.39 is 30.1 Å². The Morgan fingerprint density at radius 1 is 1.03 bits per heavy atom.